The summed E-state index contributed by atoms with van der Waals surface area (Å²) in [4.78, 5) is 79.7. The predicted octanol–water partition coefficient (Wildman–Crippen LogP) is 3.29. The third-order valence-corrected chi connectivity index (χ3v) is 9.64. The average molecular weight is 655 g/mol. The highest BCUT2D eigenvalue weighted by atomic mass is 16.6. The summed E-state index contributed by atoms with van der Waals surface area (Å²) >= 11 is 0. The van der Waals surface area contributed by atoms with E-state index < -0.39 is 101 Å². The highest BCUT2D eigenvalue weighted by Crippen LogP contribution is 2.63. The lowest BCUT2D eigenvalue weighted by molar-refractivity contribution is -0.218. The molecule has 10 atom stereocenters. The fraction of sp³-hybridized carbons (Fsp3) is 0.543. The third-order valence-electron chi connectivity index (χ3n) is 9.64. The highest BCUT2D eigenvalue weighted by Gasteiger charge is 2.78. The molecule has 3 aliphatic rings. The van der Waals surface area contributed by atoms with Crippen LogP contribution in [-0.2, 0) is 47.7 Å². The number of rotatable bonds is 8. The van der Waals surface area contributed by atoms with Gasteiger partial charge in [0, 0.05) is 39.5 Å². The standard InChI is InChI=1S/C35H42O12/c1-18(2)25-14-15-26(44-21(5)37)34(17-43-20(4)36)29(25)33(8,47-23(7)39)32(41)35(42)16-19(3)28(45-22(6)38)27(35)30(34)46-31(40)24-12-10-9-11-13-24/h9-15,19,25-30,42H,1,16-17H2,2-8H3. The second-order valence-corrected chi connectivity index (χ2v) is 13.1. The first-order valence-corrected chi connectivity index (χ1v) is 15.4. The van der Waals surface area contributed by atoms with Gasteiger partial charge in [0.25, 0.3) is 0 Å². The Morgan fingerprint density at radius 2 is 1.51 bits per heavy atom. The molecule has 2 saturated carbocycles. The van der Waals surface area contributed by atoms with Crippen molar-refractivity contribution in [2.45, 2.75) is 84.4 Å². The molecule has 3 aliphatic carbocycles. The van der Waals surface area contributed by atoms with Gasteiger partial charge in [-0.15, -0.1) is 0 Å². The number of carbonyl (C=O) groups excluding carboxylic acids is 6. The number of hydrogen-bond donors (Lipinski definition) is 1. The Morgan fingerprint density at radius 3 is 2.04 bits per heavy atom. The third kappa shape index (κ3) is 6.22. The van der Waals surface area contributed by atoms with E-state index in [1.54, 1.807) is 38.1 Å². The maximum Gasteiger partial charge on any atom is 0.338 e. The van der Waals surface area contributed by atoms with Gasteiger partial charge in [0.05, 0.1) is 16.9 Å². The first-order valence-electron chi connectivity index (χ1n) is 15.4. The summed E-state index contributed by atoms with van der Waals surface area (Å²) in [5.74, 6) is -9.28. The molecule has 12 heteroatoms. The van der Waals surface area contributed by atoms with Gasteiger partial charge in [-0.3, -0.25) is 24.0 Å². The van der Waals surface area contributed by atoms with Crippen LogP contribution in [0.3, 0.4) is 0 Å². The van der Waals surface area contributed by atoms with E-state index in [-0.39, 0.29) is 12.0 Å². The number of benzene rings is 1. The molecule has 0 amide bonds. The number of fused-ring (bicyclic) bond motifs is 2. The molecule has 1 N–H and O–H groups in total. The number of ether oxygens (including phenoxy) is 5. The van der Waals surface area contributed by atoms with Gasteiger partial charge < -0.3 is 28.8 Å². The average Bonchev–Trinajstić information content (AvgIpc) is 3.20. The second-order valence-electron chi connectivity index (χ2n) is 13.1. The van der Waals surface area contributed by atoms with Crippen molar-refractivity contribution in [1.82, 2.24) is 0 Å². The summed E-state index contributed by atoms with van der Waals surface area (Å²) in [6.07, 6.45) is -1.38. The van der Waals surface area contributed by atoms with Crippen LogP contribution >= 0.6 is 0 Å². The molecule has 47 heavy (non-hydrogen) atoms. The Balaban J connectivity index is 2.20. The van der Waals surface area contributed by atoms with Gasteiger partial charge in [0.2, 0.25) is 5.78 Å². The Kier molecular flexibility index (Phi) is 9.87. The molecular weight excluding hydrogens is 612 g/mol. The zero-order valence-electron chi connectivity index (χ0n) is 27.6. The van der Waals surface area contributed by atoms with Crippen molar-refractivity contribution < 1.29 is 57.6 Å². The van der Waals surface area contributed by atoms with Crippen molar-refractivity contribution in [3.05, 3.63) is 60.2 Å². The molecular formula is C35H42O12. The van der Waals surface area contributed by atoms with Gasteiger partial charge >= 0.3 is 29.8 Å². The van der Waals surface area contributed by atoms with Gasteiger partial charge in [-0.25, -0.2) is 4.79 Å². The van der Waals surface area contributed by atoms with Crippen molar-refractivity contribution in [2.24, 2.45) is 29.1 Å². The minimum absolute atomic E-state index is 0.107. The van der Waals surface area contributed by atoms with E-state index in [0.717, 1.165) is 27.7 Å². The molecule has 0 spiro atoms. The van der Waals surface area contributed by atoms with E-state index in [0.29, 0.717) is 5.57 Å². The minimum atomic E-state index is -2.42. The number of allylic oxidation sites excluding steroid dienone is 2. The lowest BCUT2D eigenvalue weighted by atomic mass is 9.53. The highest BCUT2D eigenvalue weighted by molar-refractivity contribution is 5.98. The smallest absolute Gasteiger partial charge is 0.338 e. The zero-order chi connectivity index (χ0) is 35.1. The maximum atomic E-state index is 15.0. The van der Waals surface area contributed by atoms with Crippen LogP contribution in [-0.4, -0.2) is 76.9 Å². The number of ketones is 1. The molecule has 0 aromatic heterocycles. The predicted molar refractivity (Wildman–Crippen MR) is 164 cm³/mol. The molecule has 0 radical (unpaired) electrons. The lowest BCUT2D eigenvalue weighted by Gasteiger charge is -2.55. The van der Waals surface area contributed by atoms with E-state index in [4.69, 9.17) is 23.7 Å². The van der Waals surface area contributed by atoms with Crippen LogP contribution in [0.4, 0.5) is 0 Å². The Morgan fingerprint density at radius 1 is 0.894 bits per heavy atom. The van der Waals surface area contributed by atoms with Gasteiger partial charge in [0.1, 0.15) is 30.5 Å². The van der Waals surface area contributed by atoms with Crippen molar-refractivity contribution in [3.63, 3.8) is 0 Å². The normalized spacial score (nSPS) is 35.7. The molecule has 2 fully saturated rings. The molecule has 1 aromatic carbocycles. The first-order chi connectivity index (χ1) is 21.9. The monoisotopic (exact) mass is 654 g/mol. The Hall–Kier alpha value is -4.32. The van der Waals surface area contributed by atoms with Crippen molar-refractivity contribution >= 4 is 35.6 Å². The molecule has 4 rings (SSSR count). The molecule has 12 nitrogen and oxygen atoms in total. The van der Waals surface area contributed by atoms with Gasteiger partial charge in [-0.2, -0.15) is 0 Å². The van der Waals surface area contributed by atoms with E-state index >= 15 is 4.79 Å². The molecule has 0 aliphatic heterocycles. The largest absolute Gasteiger partial charge is 0.465 e. The van der Waals surface area contributed by atoms with Crippen LogP contribution in [0, 0.1) is 29.1 Å². The number of hydrogen-bond acceptors (Lipinski definition) is 12. The van der Waals surface area contributed by atoms with Crippen LogP contribution in [0.25, 0.3) is 0 Å². The Labute approximate surface area is 273 Å². The topological polar surface area (TPSA) is 169 Å². The van der Waals surface area contributed by atoms with Crippen LogP contribution in [0.15, 0.2) is 54.6 Å². The van der Waals surface area contributed by atoms with Crippen LogP contribution in [0.5, 0.6) is 0 Å². The SMILES string of the molecule is C=C(C)C1C=CC(OC(C)=O)C2(COC(C)=O)C(OC(=O)c3ccccc3)C3C(OC(C)=O)C(C)CC3(O)C(=O)C(C)(OC(C)=O)C12. The number of carbonyl (C=O) groups is 6. The summed E-state index contributed by atoms with van der Waals surface area (Å²) in [5.41, 5.74) is -5.99. The quantitative estimate of drug-likeness (QED) is 0.247. The van der Waals surface area contributed by atoms with Gasteiger partial charge in [-0.05, 0) is 44.4 Å². The zero-order valence-corrected chi connectivity index (χ0v) is 27.6. The maximum absolute atomic E-state index is 15.0. The van der Waals surface area contributed by atoms with E-state index in [1.807, 2.05) is 0 Å². The number of esters is 5. The lowest BCUT2D eigenvalue weighted by Crippen LogP contribution is -2.66. The van der Waals surface area contributed by atoms with Crippen LogP contribution in [0.2, 0.25) is 0 Å². The van der Waals surface area contributed by atoms with Gasteiger partial charge in [0.15, 0.2) is 5.60 Å². The van der Waals surface area contributed by atoms with Crippen molar-refractivity contribution in [1.29, 1.82) is 0 Å². The van der Waals surface area contributed by atoms with Gasteiger partial charge in [-0.1, -0.05) is 43.4 Å². The van der Waals surface area contributed by atoms with E-state index in [9.17, 15) is 29.1 Å². The Bertz CT molecular complexity index is 1500. The molecule has 1 aromatic rings. The molecule has 254 valence electrons. The fourth-order valence-electron chi connectivity index (χ4n) is 8.14. The van der Waals surface area contributed by atoms with Crippen molar-refractivity contribution in [3.8, 4) is 0 Å². The number of aliphatic hydroxyl groups is 1. The van der Waals surface area contributed by atoms with E-state index in [1.165, 1.54) is 25.1 Å². The molecule has 0 saturated heterocycles. The summed E-state index contributed by atoms with van der Waals surface area (Å²) < 4.78 is 29.6. The van der Waals surface area contributed by atoms with Crippen LogP contribution < -0.4 is 0 Å². The summed E-state index contributed by atoms with van der Waals surface area (Å²) in [5, 5.41) is 12.7. The summed E-state index contributed by atoms with van der Waals surface area (Å²) in [6, 6.07) is 7.91. The van der Waals surface area contributed by atoms with E-state index in [2.05, 4.69) is 6.58 Å². The second kappa shape index (κ2) is 13.1. The molecule has 0 bridgehead atoms. The number of Topliss-reactive ketones (excluding diaryl/α,β-unsaturated/α-hetero) is 1. The summed E-state index contributed by atoms with van der Waals surface area (Å²) in [6.45, 7) is 12.7. The summed E-state index contributed by atoms with van der Waals surface area (Å²) in [7, 11) is 0. The van der Waals surface area contributed by atoms with Crippen molar-refractivity contribution in [2.75, 3.05) is 6.61 Å². The molecule has 10 unspecified atom stereocenters. The minimum Gasteiger partial charge on any atom is -0.465 e. The molecule has 0 heterocycles. The fourth-order valence-corrected chi connectivity index (χ4v) is 8.14. The van der Waals surface area contributed by atoms with Crippen LogP contribution in [0.1, 0.15) is 65.2 Å². The first kappa shape index (κ1) is 35.5.